The van der Waals surface area contributed by atoms with Gasteiger partial charge in [-0.05, 0) is 22.4 Å². The van der Waals surface area contributed by atoms with Crippen LogP contribution in [0.1, 0.15) is 5.56 Å². The molecule has 0 aromatic carbocycles. The van der Waals surface area contributed by atoms with Gasteiger partial charge in [0.2, 0.25) is 17.8 Å². The highest BCUT2D eigenvalue weighted by Gasteiger charge is 2.10. The maximum Gasteiger partial charge on any atom is 0.231 e. The van der Waals surface area contributed by atoms with E-state index in [0.717, 1.165) is 6.54 Å². The lowest BCUT2D eigenvalue weighted by atomic mass is 10.3. The maximum atomic E-state index is 5.69. The lowest BCUT2D eigenvalue weighted by Crippen LogP contribution is -2.22. The number of hydrogen-bond acceptors (Lipinski definition) is 7. The Bertz CT molecular complexity index is 510. The number of nitrogens with two attached hydrogens (primary N) is 1. The number of aromatic nitrogens is 3. The van der Waals surface area contributed by atoms with Crippen LogP contribution in [-0.4, -0.2) is 36.1 Å². The van der Waals surface area contributed by atoms with Gasteiger partial charge in [-0.2, -0.15) is 26.3 Å². The summed E-state index contributed by atoms with van der Waals surface area (Å²) in [6.07, 6.45) is 0. The minimum Gasteiger partial charge on any atom is -0.368 e. The van der Waals surface area contributed by atoms with Gasteiger partial charge >= 0.3 is 0 Å². The second kappa shape index (κ2) is 5.18. The topological polar surface area (TPSA) is 71.2 Å². The molecule has 0 atom stereocenters. The Kier molecular flexibility index (Phi) is 3.61. The maximum absolute atomic E-state index is 5.69. The summed E-state index contributed by atoms with van der Waals surface area (Å²) in [6, 6.07) is 2.08. The van der Waals surface area contributed by atoms with Gasteiger partial charge in [0.15, 0.2) is 0 Å². The standard InChI is InChI=1S/C11H16N6S/c1-16(2)10-13-9(12)14-11(15-10)17(3)6-8-4-5-18-7-8/h4-5,7H,6H2,1-3H3,(H2,12,13,14,15). The molecule has 0 aliphatic carbocycles. The molecule has 0 saturated carbocycles. The second-order valence-electron chi connectivity index (χ2n) is 4.18. The molecule has 0 unspecified atom stereocenters. The van der Waals surface area contributed by atoms with E-state index < -0.39 is 0 Å². The predicted octanol–water partition coefficient (Wildman–Crippen LogP) is 1.22. The molecule has 2 aromatic rings. The molecule has 96 valence electrons. The van der Waals surface area contributed by atoms with E-state index in [2.05, 4.69) is 31.8 Å². The van der Waals surface area contributed by atoms with E-state index >= 15 is 0 Å². The summed E-state index contributed by atoms with van der Waals surface area (Å²) in [6.45, 7) is 0.750. The van der Waals surface area contributed by atoms with Crippen LogP contribution in [0.5, 0.6) is 0 Å². The van der Waals surface area contributed by atoms with Crippen LogP contribution in [0.25, 0.3) is 0 Å². The zero-order valence-corrected chi connectivity index (χ0v) is 11.5. The van der Waals surface area contributed by atoms with Gasteiger partial charge in [0, 0.05) is 27.7 Å². The van der Waals surface area contributed by atoms with Crippen molar-refractivity contribution < 1.29 is 0 Å². The Hall–Kier alpha value is -1.89. The molecule has 2 rings (SSSR count). The van der Waals surface area contributed by atoms with Crippen molar-refractivity contribution >= 4 is 29.2 Å². The van der Waals surface area contributed by atoms with E-state index in [1.54, 1.807) is 16.2 Å². The zero-order chi connectivity index (χ0) is 13.1. The van der Waals surface area contributed by atoms with E-state index in [1.807, 2.05) is 26.0 Å². The first-order valence-corrected chi connectivity index (χ1v) is 6.41. The van der Waals surface area contributed by atoms with Crippen molar-refractivity contribution in [1.29, 1.82) is 0 Å². The highest BCUT2D eigenvalue weighted by molar-refractivity contribution is 7.07. The minimum atomic E-state index is 0.237. The molecule has 0 spiro atoms. The average Bonchev–Trinajstić information content (AvgIpc) is 2.80. The summed E-state index contributed by atoms with van der Waals surface area (Å²) in [5.74, 6) is 1.38. The van der Waals surface area contributed by atoms with Gasteiger partial charge in [-0.1, -0.05) is 0 Å². The number of nitrogens with zero attached hydrogens (tertiary/aromatic N) is 5. The Morgan fingerprint density at radius 3 is 2.50 bits per heavy atom. The summed E-state index contributed by atoms with van der Waals surface area (Å²) < 4.78 is 0. The van der Waals surface area contributed by atoms with Crippen molar-refractivity contribution in [1.82, 2.24) is 15.0 Å². The lowest BCUT2D eigenvalue weighted by Gasteiger charge is -2.18. The number of nitrogen functional groups attached to an aromatic ring is 1. The molecule has 0 bridgehead atoms. The molecule has 2 heterocycles. The van der Waals surface area contributed by atoms with Crippen molar-refractivity contribution in [2.45, 2.75) is 6.54 Å². The molecule has 0 aliphatic heterocycles. The van der Waals surface area contributed by atoms with E-state index in [4.69, 9.17) is 5.73 Å². The molecule has 0 fully saturated rings. The Labute approximate surface area is 110 Å². The number of rotatable bonds is 4. The largest absolute Gasteiger partial charge is 0.368 e. The number of hydrogen-bond donors (Lipinski definition) is 1. The summed E-state index contributed by atoms with van der Waals surface area (Å²) in [5.41, 5.74) is 6.92. The first kappa shape index (κ1) is 12.6. The van der Waals surface area contributed by atoms with Gasteiger partial charge in [0.25, 0.3) is 0 Å². The zero-order valence-electron chi connectivity index (χ0n) is 10.7. The van der Waals surface area contributed by atoms with Crippen LogP contribution >= 0.6 is 11.3 Å². The molecule has 0 aliphatic rings. The SMILES string of the molecule is CN(C)c1nc(N)nc(N(C)Cc2ccsc2)n1. The smallest absolute Gasteiger partial charge is 0.231 e. The highest BCUT2D eigenvalue weighted by Crippen LogP contribution is 2.15. The molecule has 0 saturated heterocycles. The van der Waals surface area contributed by atoms with Crippen molar-refractivity contribution in [2.24, 2.45) is 0 Å². The molecule has 2 N–H and O–H groups in total. The third-order valence-electron chi connectivity index (χ3n) is 2.37. The first-order valence-electron chi connectivity index (χ1n) is 5.47. The van der Waals surface area contributed by atoms with E-state index in [-0.39, 0.29) is 5.95 Å². The van der Waals surface area contributed by atoms with Crippen molar-refractivity contribution in [3.8, 4) is 0 Å². The predicted molar refractivity (Wildman–Crippen MR) is 75.0 cm³/mol. The summed E-state index contributed by atoms with van der Waals surface area (Å²) in [4.78, 5) is 16.3. The van der Waals surface area contributed by atoms with Gasteiger partial charge in [-0.15, -0.1) is 0 Å². The third-order valence-corrected chi connectivity index (χ3v) is 3.10. The van der Waals surface area contributed by atoms with Gasteiger partial charge in [-0.3, -0.25) is 0 Å². The minimum absolute atomic E-state index is 0.237. The van der Waals surface area contributed by atoms with Gasteiger partial charge < -0.3 is 15.5 Å². The molecular weight excluding hydrogens is 248 g/mol. The molecule has 6 nitrogen and oxygen atoms in total. The van der Waals surface area contributed by atoms with Crippen molar-refractivity contribution in [3.05, 3.63) is 22.4 Å². The van der Waals surface area contributed by atoms with Gasteiger partial charge in [-0.25, -0.2) is 0 Å². The van der Waals surface area contributed by atoms with Crippen LogP contribution in [0.4, 0.5) is 17.8 Å². The molecule has 0 amide bonds. The van der Waals surface area contributed by atoms with Gasteiger partial charge in [0.05, 0.1) is 0 Å². The van der Waals surface area contributed by atoms with E-state index in [1.165, 1.54) is 5.56 Å². The molecule has 2 aromatic heterocycles. The average molecular weight is 264 g/mol. The van der Waals surface area contributed by atoms with Crippen LogP contribution in [0.3, 0.4) is 0 Å². The Morgan fingerprint density at radius 2 is 1.89 bits per heavy atom. The van der Waals surface area contributed by atoms with Crippen molar-refractivity contribution in [3.63, 3.8) is 0 Å². The van der Waals surface area contributed by atoms with Gasteiger partial charge in [0.1, 0.15) is 0 Å². The fourth-order valence-electron chi connectivity index (χ4n) is 1.47. The van der Waals surface area contributed by atoms with Crippen LogP contribution in [0.2, 0.25) is 0 Å². The van der Waals surface area contributed by atoms with Crippen molar-refractivity contribution in [2.75, 3.05) is 36.7 Å². The monoisotopic (exact) mass is 264 g/mol. The van der Waals surface area contributed by atoms with Crippen LogP contribution < -0.4 is 15.5 Å². The highest BCUT2D eigenvalue weighted by atomic mass is 32.1. The third kappa shape index (κ3) is 2.86. The quantitative estimate of drug-likeness (QED) is 0.895. The summed E-state index contributed by atoms with van der Waals surface area (Å²) in [5, 5.41) is 4.16. The summed E-state index contributed by atoms with van der Waals surface area (Å²) in [7, 11) is 5.68. The molecular formula is C11H16N6S. The van der Waals surface area contributed by atoms with Crippen LogP contribution in [0, 0.1) is 0 Å². The number of thiophene rings is 1. The Balaban J connectivity index is 2.21. The fraction of sp³-hybridized carbons (Fsp3) is 0.364. The molecule has 7 heteroatoms. The Morgan fingerprint density at radius 1 is 1.17 bits per heavy atom. The summed E-state index contributed by atoms with van der Waals surface area (Å²) >= 11 is 1.68. The van der Waals surface area contributed by atoms with E-state index in [9.17, 15) is 0 Å². The fourth-order valence-corrected chi connectivity index (χ4v) is 2.13. The van der Waals surface area contributed by atoms with Crippen LogP contribution in [0.15, 0.2) is 16.8 Å². The van der Waals surface area contributed by atoms with E-state index in [0.29, 0.717) is 11.9 Å². The lowest BCUT2D eigenvalue weighted by molar-refractivity contribution is 0.848. The molecule has 0 radical (unpaired) electrons. The second-order valence-corrected chi connectivity index (χ2v) is 4.96. The first-order chi connectivity index (χ1) is 8.56. The molecule has 18 heavy (non-hydrogen) atoms. The van der Waals surface area contributed by atoms with Crippen LogP contribution in [-0.2, 0) is 6.54 Å². The normalized spacial score (nSPS) is 10.4. The number of anilines is 3.